The van der Waals surface area contributed by atoms with Crippen molar-refractivity contribution >= 4 is 5.91 Å². The predicted octanol–water partition coefficient (Wildman–Crippen LogP) is 4.98. The number of aromatic nitrogens is 2. The van der Waals surface area contributed by atoms with E-state index in [4.69, 9.17) is 0 Å². The number of aryl methyl sites for hydroxylation is 2. The number of pyridine rings is 2. The molecule has 0 aliphatic carbocycles. The van der Waals surface area contributed by atoms with E-state index in [0.29, 0.717) is 5.56 Å². The lowest BCUT2D eigenvalue weighted by Gasteiger charge is -2.27. The predicted molar refractivity (Wildman–Crippen MR) is 109 cm³/mol. The minimum absolute atomic E-state index is 0.00219. The van der Waals surface area contributed by atoms with Crippen LogP contribution < -0.4 is 0 Å². The van der Waals surface area contributed by atoms with Gasteiger partial charge in [0.2, 0.25) is 0 Å². The maximum atomic E-state index is 13.1. The van der Waals surface area contributed by atoms with E-state index in [1.54, 1.807) is 11.1 Å². The highest BCUT2D eigenvalue weighted by Gasteiger charge is 2.22. The highest BCUT2D eigenvalue weighted by atomic mass is 16.2. The molecular formula is C23H25N3O. The first kappa shape index (κ1) is 18.8. The van der Waals surface area contributed by atoms with E-state index in [1.807, 2.05) is 69.6 Å². The molecule has 0 fully saturated rings. The van der Waals surface area contributed by atoms with E-state index in [9.17, 15) is 4.79 Å². The number of hydrogen-bond acceptors (Lipinski definition) is 3. The van der Waals surface area contributed by atoms with Gasteiger partial charge in [-0.1, -0.05) is 31.2 Å². The Hall–Kier alpha value is -3.01. The molecule has 1 aromatic carbocycles. The van der Waals surface area contributed by atoms with Gasteiger partial charge in [-0.25, -0.2) is 0 Å². The Balaban J connectivity index is 1.91. The van der Waals surface area contributed by atoms with Gasteiger partial charge in [-0.2, -0.15) is 0 Å². The van der Waals surface area contributed by atoms with Gasteiger partial charge in [0.05, 0.1) is 6.04 Å². The second-order valence-electron chi connectivity index (χ2n) is 6.79. The summed E-state index contributed by atoms with van der Waals surface area (Å²) in [5.41, 5.74) is 5.74. The van der Waals surface area contributed by atoms with Crippen molar-refractivity contribution in [3.05, 3.63) is 83.4 Å². The van der Waals surface area contributed by atoms with Crippen molar-refractivity contribution in [1.82, 2.24) is 14.9 Å². The van der Waals surface area contributed by atoms with Crippen LogP contribution >= 0.6 is 0 Å². The van der Waals surface area contributed by atoms with Gasteiger partial charge in [-0.15, -0.1) is 0 Å². The molecule has 0 N–H and O–H groups in total. The fourth-order valence-corrected chi connectivity index (χ4v) is 3.46. The zero-order valence-electron chi connectivity index (χ0n) is 16.3. The third-order valence-corrected chi connectivity index (χ3v) is 4.89. The maximum absolute atomic E-state index is 13.1. The van der Waals surface area contributed by atoms with Crippen molar-refractivity contribution in [2.24, 2.45) is 0 Å². The molecule has 2 heterocycles. The molecule has 0 bridgehead atoms. The van der Waals surface area contributed by atoms with Gasteiger partial charge in [-0.05, 0) is 55.7 Å². The van der Waals surface area contributed by atoms with Crippen LogP contribution in [0.2, 0.25) is 0 Å². The molecule has 1 atom stereocenters. The zero-order chi connectivity index (χ0) is 19.4. The number of hydrogen-bond donors (Lipinski definition) is 0. The molecule has 1 unspecified atom stereocenters. The van der Waals surface area contributed by atoms with Crippen LogP contribution in [0, 0.1) is 13.8 Å². The Morgan fingerprint density at radius 1 is 1.11 bits per heavy atom. The van der Waals surface area contributed by atoms with Gasteiger partial charge in [0.15, 0.2) is 0 Å². The molecule has 2 aromatic heterocycles. The molecule has 0 aliphatic heterocycles. The fourth-order valence-electron chi connectivity index (χ4n) is 3.46. The lowest BCUT2D eigenvalue weighted by atomic mass is 10.00. The number of nitrogens with zero attached hydrogens (tertiary/aromatic N) is 3. The Morgan fingerprint density at radius 3 is 2.59 bits per heavy atom. The highest BCUT2D eigenvalue weighted by Crippen LogP contribution is 2.27. The van der Waals surface area contributed by atoms with E-state index in [0.717, 1.165) is 34.5 Å². The molecule has 0 spiro atoms. The summed E-state index contributed by atoms with van der Waals surface area (Å²) in [5, 5.41) is 0. The first-order valence-corrected chi connectivity index (χ1v) is 9.23. The Labute approximate surface area is 160 Å². The molecule has 4 heteroatoms. The van der Waals surface area contributed by atoms with Crippen LogP contribution in [0.25, 0.3) is 11.1 Å². The summed E-state index contributed by atoms with van der Waals surface area (Å²) in [4.78, 5) is 23.7. The van der Waals surface area contributed by atoms with Crippen LogP contribution in [0.4, 0.5) is 0 Å². The smallest absolute Gasteiger partial charge is 0.254 e. The van der Waals surface area contributed by atoms with Gasteiger partial charge >= 0.3 is 0 Å². The summed E-state index contributed by atoms with van der Waals surface area (Å²) in [6.45, 7) is 6.06. The molecule has 138 valence electrons. The van der Waals surface area contributed by atoms with Crippen molar-refractivity contribution in [2.45, 2.75) is 33.2 Å². The van der Waals surface area contributed by atoms with Crippen LogP contribution in [-0.4, -0.2) is 27.8 Å². The van der Waals surface area contributed by atoms with Crippen LogP contribution in [0.5, 0.6) is 0 Å². The standard InChI is InChI=1S/C23H25N3O/c1-5-22(20-10-7-13-24-15-20)26(4)23(27)19-9-6-8-18(14-19)21-12-11-16(2)25-17(21)3/h6-15,22H,5H2,1-4H3. The lowest BCUT2D eigenvalue weighted by Crippen LogP contribution is -2.31. The van der Waals surface area contributed by atoms with Crippen molar-refractivity contribution in [2.75, 3.05) is 7.05 Å². The highest BCUT2D eigenvalue weighted by molar-refractivity contribution is 5.95. The first-order chi connectivity index (χ1) is 13.0. The maximum Gasteiger partial charge on any atom is 0.254 e. The Kier molecular flexibility index (Phi) is 5.65. The average molecular weight is 359 g/mol. The average Bonchev–Trinajstić information content (AvgIpc) is 2.69. The summed E-state index contributed by atoms with van der Waals surface area (Å²) >= 11 is 0. The molecule has 27 heavy (non-hydrogen) atoms. The van der Waals surface area contributed by atoms with Crippen LogP contribution in [0.15, 0.2) is 60.9 Å². The summed E-state index contributed by atoms with van der Waals surface area (Å²) in [7, 11) is 1.86. The summed E-state index contributed by atoms with van der Waals surface area (Å²) < 4.78 is 0. The summed E-state index contributed by atoms with van der Waals surface area (Å²) in [5.74, 6) is 0.00489. The second-order valence-corrected chi connectivity index (χ2v) is 6.79. The van der Waals surface area contributed by atoms with E-state index in [2.05, 4.69) is 23.0 Å². The molecule has 3 aromatic rings. The van der Waals surface area contributed by atoms with E-state index in [-0.39, 0.29) is 11.9 Å². The van der Waals surface area contributed by atoms with Crippen LogP contribution in [0.1, 0.15) is 46.7 Å². The molecule has 0 radical (unpaired) electrons. The van der Waals surface area contributed by atoms with Crippen molar-refractivity contribution < 1.29 is 4.79 Å². The number of rotatable bonds is 5. The number of amides is 1. The minimum atomic E-state index is -0.00219. The molecule has 0 saturated carbocycles. The summed E-state index contributed by atoms with van der Waals surface area (Å²) in [6, 6.07) is 15.8. The third kappa shape index (κ3) is 4.05. The normalized spacial score (nSPS) is 11.9. The monoisotopic (exact) mass is 359 g/mol. The number of carbonyl (C=O) groups excluding carboxylic acids is 1. The Morgan fingerprint density at radius 2 is 1.93 bits per heavy atom. The van der Waals surface area contributed by atoms with Gasteiger partial charge in [0, 0.05) is 42.0 Å². The molecule has 4 nitrogen and oxygen atoms in total. The second kappa shape index (κ2) is 8.12. The first-order valence-electron chi connectivity index (χ1n) is 9.23. The van der Waals surface area contributed by atoms with Crippen molar-refractivity contribution in [3.63, 3.8) is 0 Å². The van der Waals surface area contributed by atoms with Gasteiger partial charge < -0.3 is 4.90 Å². The lowest BCUT2D eigenvalue weighted by molar-refractivity contribution is 0.0726. The van der Waals surface area contributed by atoms with Gasteiger partial charge in [0.1, 0.15) is 0 Å². The number of benzene rings is 1. The topological polar surface area (TPSA) is 46.1 Å². The largest absolute Gasteiger partial charge is 0.335 e. The molecular weight excluding hydrogens is 334 g/mol. The number of carbonyl (C=O) groups is 1. The zero-order valence-corrected chi connectivity index (χ0v) is 16.3. The van der Waals surface area contributed by atoms with Gasteiger partial charge in [-0.3, -0.25) is 14.8 Å². The summed E-state index contributed by atoms with van der Waals surface area (Å²) in [6.07, 6.45) is 4.41. The van der Waals surface area contributed by atoms with E-state index < -0.39 is 0 Å². The van der Waals surface area contributed by atoms with Crippen molar-refractivity contribution in [3.8, 4) is 11.1 Å². The Bertz CT molecular complexity index is 937. The fraction of sp³-hybridized carbons (Fsp3) is 0.261. The molecule has 0 aliphatic rings. The van der Waals surface area contributed by atoms with E-state index >= 15 is 0 Å². The molecule has 1 amide bonds. The SMILES string of the molecule is CCC(c1cccnc1)N(C)C(=O)c1cccc(-c2ccc(C)nc2C)c1. The van der Waals surface area contributed by atoms with E-state index in [1.165, 1.54) is 0 Å². The third-order valence-electron chi connectivity index (χ3n) is 4.89. The van der Waals surface area contributed by atoms with Crippen molar-refractivity contribution in [1.29, 1.82) is 0 Å². The van der Waals surface area contributed by atoms with Crippen LogP contribution in [-0.2, 0) is 0 Å². The molecule has 0 saturated heterocycles. The minimum Gasteiger partial charge on any atom is -0.335 e. The van der Waals surface area contributed by atoms with Gasteiger partial charge in [0.25, 0.3) is 5.91 Å². The quantitative estimate of drug-likeness (QED) is 0.645. The molecule has 3 rings (SSSR count). The van der Waals surface area contributed by atoms with Crippen LogP contribution in [0.3, 0.4) is 0 Å².